The maximum atomic E-state index is 13.4. The van der Waals surface area contributed by atoms with Crippen LogP contribution in [0.5, 0.6) is 0 Å². The highest BCUT2D eigenvalue weighted by Gasteiger charge is 2.30. The lowest BCUT2D eigenvalue weighted by molar-refractivity contribution is -0.136. The molecule has 0 bridgehead atoms. The van der Waals surface area contributed by atoms with E-state index >= 15 is 0 Å². The van der Waals surface area contributed by atoms with Crippen LogP contribution in [0.25, 0.3) is 22.6 Å². The summed E-state index contributed by atoms with van der Waals surface area (Å²) in [7, 11) is 0. The first-order valence-corrected chi connectivity index (χ1v) is 9.26. The summed E-state index contributed by atoms with van der Waals surface area (Å²) in [5.41, 5.74) is 3.04. The van der Waals surface area contributed by atoms with Crippen molar-refractivity contribution in [2.75, 3.05) is 19.8 Å². The van der Waals surface area contributed by atoms with Crippen LogP contribution >= 0.6 is 0 Å². The summed E-state index contributed by atoms with van der Waals surface area (Å²) in [4.78, 5) is 22.3. The van der Waals surface area contributed by atoms with Gasteiger partial charge in [0.25, 0.3) is 0 Å². The number of hydrogen-bond acceptors (Lipinski definition) is 4. The molecule has 4 heterocycles. The Labute approximate surface area is 155 Å². The SMILES string of the molecule is O=C([C@@H]1CCOC1)N1CCCn2nc(-c3nc4ccc(F)cc4[nH]3)cc2C1. The van der Waals surface area contributed by atoms with Gasteiger partial charge in [0.15, 0.2) is 5.82 Å². The summed E-state index contributed by atoms with van der Waals surface area (Å²) in [5, 5.41) is 4.66. The van der Waals surface area contributed by atoms with E-state index in [9.17, 15) is 9.18 Å². The van der Waals surface area contributed by atoms with E-state index in [1.54, 1.807) is 6.07 Å². The summed E-state index contributed by atoms with van der Waals surface area (Å²) in [5.74, 6) is 0.453. The number of hydrogen-bond donors (Lipinski definition) is 1. The molecule has 7 nitrogen and oxygen atoms in total. The number of benzene rings is 1. The normalized spacial score (nSPS) is 20.0. The van der Waals surface area contributed by atoms with Gasteiger partial charge in [-0.1, -0.05) is 0 Å². The molecule has 0 radical (unpaired) electrons. The minimum Gasteiger partial charge on any atom is -0.381 e. The second-order valence-corrected chi connectivity index (χ2v) is 7.16. The number of carbonyl (C=O) groups excluding carboxylic acids is 1. The van der Waals surface area contributed by atoms with Crippen molar-refractivity contribution in [2.45, 2.75) is 25.9 Å². The zero-order valence-electron chi connectivity index (χ0n) is 14.8. The van der Waals surface area contributed by atoms with Crippen LogP contribution in [0.1, 0.15) is 18.5 Å². The van der Waals surface area contributed by atoms with E-state index in [4.69, 9.17) is 4.74 Å². The third-order valence-corrected chi connectivity index (χ3v) is 5.29. The Morgan fingerprint density at radius 3 is 3.07 bits per heavy atom. The Hall–Kier alpha value is -2.74. The molecule has 27 heavy (non-hydrogen) atoms. The first-order valence-electron chi connectivity index (χ1n) is 9.26. The van der Waals surface area contributed by atoms with Crippen LogP contribution in [0.2, 0.25) is 0 Å². The van der Waals surface area contributed by atoms with Gasteiger partial charge in [0, 0.05) is 19.7 Å². The smallest absolute Gasteiger partial charge is 0.228 e. The van der Waals surface area contributed by atoms with E-state index in [0.29, 0.717) is 42.3 Å². The molecule has 1 fully saturated rings. The van der Waals surface area contributed by atoms with Crippen molar-refractivity contribution in [3.05, 3.63) is 35.8 Å². The molecule has 1 amide bonds. The molecule has 2 aromatic heterocycles. The number of imidazole rings is 1. The number of aromatic nitrogens is 4. The fraction of sp³-hybridized carbons (Fsp3) is 0.421. The number of ether oxygens (including phenoxy) is 1. The van der Waals surface area contributed by atoms with E-state index < -0.39 is 0 Å². The average Bonchev–Trinajstić information content (AvgIpc) is 3.38. The van der Waals surface area contributed by atoms with Crippen LogP contribution < -0.4 is 0 Å². The Balaban J connectivity index is 1.43. The summed E-state index contributed by atoms with van der Waals surface area (Å²) in [6, 6.07) is 6.43. The van der Waals surface area contributed by atoms with Crippen LogP contribution in [0.4, 0.5) is 4.39 Å². The Morgan fingerprint density at radius 1 is 1.30 bits per heavy atom. The Bertz CT molecular complexity index is 1000. The largest absolute Gasteiger partial charge is 0.381 e. The monoisotopic (exact) mass is 369 g/mol. The third kappa shape index (κ3) is 2.99. The van der Waals surface area contributed by atoms with Crippen molar-refractivity contribution in [3.8, 4) is 11.5 Å². The molecule has 0 spiro atoms. The van der Waals surface area contributed by atoms with Gasteiger partial charge < -0.3 is 14.6 Å². The standard InChI is InChI=1S/C19H20FN5O2/c20-13-2-3-15-16(8-13)22-18(21-15)17-9-14-10-24(5-1-6-25(14)23-17)19(26)12-4-7-27-11-12/h2-3,8-9,12H,1,4-7,10-11H2,(H,21,22)/t12-/m1/s1. The zero-order valence-corrected chi connectivity index (χ0v) is 14.8. The van der Waals surface area contributed by atoms with Crippen molar-refractivity contribution in [1.29, 1.82) is 0 Å². The maximum Gasteiger partial charge on any atom is 0.228 e. The maximum absolute atomic E-state index is 13.4. The van der Waals surface area contributed by atoms with Gasteiger partial charge in [-0.25, -0.2) is 9.37 Å². The molecule has 2 aliphatic rings. The van der Waals surface area contributed by atoms with Gasteiger partial charge in [-0.3, -0.25) is 9.48 Å². The van der Waals surface area contributed by atoms with Gasteiger partial charge in [-0.2, -0.15) is 5.10 Å². The predicted molar refractivity (Wildman–Crippen MR) is 96.2 cm³/mol. The van der Waals surface area contributed by atoms with E-state index in [-0.39, 0.29) is 17.6 Å². The number of nitrogens with one attached hydrogen (secondary N) is 1. The minimum atomic E-state index is -0.302. The van der Waals surface area contributed by atoms with Crippen molar-refractivity contribution in [3.63, 3.8) is 0 Å². The number of aryl methyl sites for hydroxylation is 1. The highest BCUT2D eigenvalue weighted by molar-refractivity contribution is 5.80. The number of H-pyrrole nitrogens is 1. The lowest BCUT2D eigenvalue weighted by Gasteiger charge is -2.22. The molecule has 1 atom stereocenters. The molecule has 0 saturated carbocycles. The average molecular weight is 369 g/mol. The predicted octanol–water partition coefficient (Wildman–Crippen LogP) is 2.33. The number of halogens is 1. The van der Waals surface area contributed by atoms with Gasteiger partial charge in [0.1, 0.15) is 11.5 Å². The number of aromatic amines is 1. The van der Waals surface area contributed by atoms with Gasteiger partial charge in [0.05, 0.1) is 35.8 Å². The van der Waals surface area contributed by atoms with Crippen LogP contribution in [-0.2, 0) is 22.6 Å². The second kappa shape index (κ2) is 6.45. The molecule has 1 N–H and O–H groups in total. The summed E-state index contributed by atoms with van der Waals surface area (Å²) < 4.78 is 20.7. The lowest BCUT2D eigenvalue weighted by Crippen LogP contribution is -2.36. The van der Waals surface area contributed by atoms with Crippen LogP contribution in [-0.4, -0.2) is 50.3 Å². The number of fused-ring (bicyclic) bond motifs is 2. The Kier molecular flexibility index (Phi) is 3.93. The number of nitrogens with zero attached hydrogens (tertiary/aromatic N) is 4. The van der Waals surface area contributed by atoms with Crippen molar-refractivity contribution >= 4 is 16.9 Å². The Morgan fingerprint density at radius 2 is 2.22 bits per heavy atom. The molecule has 1 saturated heterocycles. The van der Waals surface area contributed by atoms with E-state index in [2.05, 4.69) is 15.1 Å². The van der Waals surface area contributed by atoms with Crippen LogP contribution in [0, 0.1) is 11.7 Å². The second-order valence-electron chi connectivity index (χ2n) is 7.16. The molecule has 8 heteroatoms. The molecular weight excluding hydrogens is 349 g/mol. The summed E-state index contributed by atoms with van der Waals surface area (Å²) in [6.07, 6.45) is 1.66. The van der Waals surface area contributed by atoms with Gasteiger partial charge >= 0.3 is 0 Å². The van der Waals surface area contributed by atoms with E-state index in [1.807, 2.05) is 15.6 Å². The van der Waals surface area contributed by atoms with Crippen LogP contribution in [0.15, 0.2) is 24.3 Å². The fourth-order valence-corrected chi connectivity index (χ4v) is 3.86. The highest BCUT2D eigenvalue weighted by Crippen LogP contribution is 2.24. The van der Waals surface area contributed by atoms with Crippen molar-refractivity contribution in [1.82, 2.24) is 24.6 Å². The molecule has 3 aromatic rings. The summed E-state index contributed by atoms with van der Waals surface area (Å²) in [6.45, 7) is 3.22. The third-order valence-electron chi connectivity index (χ3n) is 5.29. The molecule has 140 valence electrons. The van der Waals surface area contributed by atoms with Crippen LogP contribution in [0.3, 0.4) is 0 Å². The number of carbonyl (C=O) groups is 1. The molecule has 1 aromatic carbocycles. The minimum absolute atomic E-state index is 0.0239. The molecule has 5 rings (SSSR count). The molecule has 0 aliphatic carbocycles. The fourth-order valence-electron chi connectivity index (χ4n) is 3.86. The first-order chi connectivity index (χ1) is 13.2. The van der Waals surface area contributed by atoms with Crippen molar-refractivity contribution < 1.29 is 13.9 Å². The molecule has 2 aliphatic heterocycles. The van der Waals surface area contributed by atoms with Crippen molar-refractivity contribution in [2.24, 2.45) is 5.92 Å². The van der Waals surface area contributed by atoms with E-state index in [1.165, 1.54) is 12.1 Å². The van der Waals surface area contributed by atoms with Gasteiger partial charge in [-0.15, -0.1) is 0 Å². The quantitative estimate of drug-likeness (QED) is 0.752. The number of amides is 1. The number of rotatable bonds is 2. The summed E-state index contributed by atoms with van der Waals surface area (Å²) >= 11 is 0. The topological polar surface area (TPSA) is 76.0 Å². The first kappa shape index (κ1) is 16.4. The highest BCUT2D eigenvalue weighted by atomic mass is 19.1. The lowest BCUT2D eigenvalue weighted by atomic mass is 10.1. The molecular formula is C19H20FN5O2. The zero-order chi connectivity index (χ0) is 18.4. The van der Waals surface area contributed by atoms with E-state index in [0.717, 1.165) is 31.6 Å². The molecule has 0 unspecified atom stereocenters. The van der Waals surface area contributed by atoms with Gasteiger partial charge in [0.2, 0.25) is 5.91 Å². The van der Waals surface area contributed by atoms with Gasteiger partial charge in [-0.05, 0) is 37.1 Å².